The Kier molecular flexibility index (Phi) is 7.44. The van der Waals surface area contributed by atoms with Gasteiger partial charge in [0.2, 0.25) is 0 Å². The molecule has 0 bridgehead atoms. The van der Waals surface area contributed by atoms with Crippen LogP contribution in [0.1, 0.15) is 64.7 Å². The monoisotopic (exact) mass is 583 g/mol. The number of nitrogens with one attached hydrogen (secondary N) is 1. The second-order valence-electron chi connectivity index (χ2n) is 11.5. The third-order valence-electron chi connectivity index (χ3n) is 8.73. The molecule has 8 nitrogen and oxygen atoms in total. The van der Waals surface area contributed by atoms with Crippen LogP contribution < -0.4 is 5.32 Å². The van der Waals surface area contributed by atoms with Gasteiger partial charge in [0.15, 0.2) is 0 Å². The van der Waals surface area contributed by atoms with E-state index in [1.165, 1.54) is 16.7 Å². The lowest BCUT2D eigenvalue weighted by molar-refractivity contribution is -0.0591. The molecule has 1 aliphatic carbocycles. The van der Waals surface area contributed by atoms with E-state index in [0.29, 0.717) is 13.1 Å². The molecule has 0 radical (unpaired) electrons. The number of imidazole rings is 1. The number of anilines is 1. The Morgan fingerprint density at radius 1 is 1.10 bits per heavy atom. The van der Waals surface area contributed by atoms with Gasteiger partial charge in [-0.15, -0.1) is 0 Å². The van der Waals surface area contributed by atoms with Gasteiger partial charge in [-0.1, -0.05) is 29.8 Å². The van der Waals surface area contributed by atoms with Gasteiger partial charge in [-0.3, -0.25) is 4.90 Å². The van der Waals surface area contributed by atoms with E-state index in [1.54, 1.807) is 12.1 Å². The molecule has 0 amide bonds. The van der Waals surface area contributed by atoms with E-state index in [4.69, 9.17) is 26.3 Å². The molecule has 2 aromatic carbocycles. The number of halogens is 1. The number of aromatic nitrogens is 3. The Balaban J connectivity index is 1.06. The molecule has 42 heavy (non-hydrogen) atoms. The van der Waals surface area contributed by atoms with Crippen LogP contribution >= 0.6 is 11.6 Å². The Labute approximate surface area is 250 Å². The van der Waals surface area contributed by atoms with Crippen LogP contribution in [0.5, 0.6) is 0 Å². The van der Waals surface area contributed by atoms with Gasteiger partial charge in [0, 0.05) is 24.7 Å². The second-order valence-corrected chi connectivity index (χ2v) is 11.9. The molecule has 0 saturated carbocycles. The van der Waals surface area contributed by atoms with Gasteiger partial charge in [-0.25, -0.2) is 14.8 Å². The average molecular weight is 584 g/mol. The lowest BCUT2D eigenvalue weighted by Gasteiger charge is -2.29. The summed E-state index contributed by atoms with van der Waals surface area (Å²) >= 11 is 6.25. The lowest BCUT2D eigenvalue weighted by atomic mass is 9.88. The smallest absolute Gasteiger partial charge is 0.335 e. The number of benzene rings is 2. The van der Waals surface area contributed by atoms with Crippen molar-refractivity contribution in [1.82, 2.24) is 19.4 Å². The predicted molar refractivity (Wildman–Crippen MR) is 164 cm³/mol. The summed E-state index contributed by atoms with van der Waals surface area (Å²) in [6, 6.07) is 17.9. The Morgan fingerprint density at radius 3 is 2.79 bits per heavy atom. The molecule has 7 rings (SSSR count). The lowest BCUT2D eigenvalue weighted by Crippen LogP contribution is -2.33. The summed E-state index contributed by atoms with van der Waals surface area (Å²) in [4.78, 5) is 23.9. The topological polar surface area (TPSA) is 92.5 Å². The highest BCUT2D eigenvalue weighted by Gasteiger charge is 2.25. The number of aryl methyl sites for hydroxylation is 1. The highest BCUT2D eigenvalue weighted by atomic mass is 35.5. The van der Waals surface area contributed by atoms with E-state index in [-0.39, 0.29) is 17.7 Å². The Morgan fingerprint density at radius 2 is 2.00 bits per heavy atom. The van der Waals surface area contributed by atoms with Crippen LogP contribution in [-0.4, -0.2) is 56.3 Å². The number of fused-ring (bicyclic) bond motifs is 2. The summed E-state index contributed by atoms with van der Waals surface area (Å²) in [6.45, 7) is 3.85. The molecule has 2 atom stereocenters. The van der Waals surface area contributed by atoms with Crippen molar-refractivity contribution < 1.29 is 14.6 Å². The zero-order valence-electron chi connectivity index (χ0n) is 23.4. The van der Waals surface area contributed by atoms with Gasteiger partial charge in [-0.05, 0) is 91.3 Å². The van der Waals surface area contributed by atoms with Crippen LogP contribution in [0.2, 0.25) is 5.02 Å². The Bertz CT molecular complexity index is 1680. The molecule has 2 aliphatic heterocycles. The molecule has 1 fully saturated rings. The van der Waals surface area contributed by atoms with Gasteiger partial charge in [0.1, 0.15) is 11.6 Å². The van der Waals surface area contributed by atoms with Crippen molar-refractivity contribution in [3.8, 4) is 0 Å². The van der Waals surface area contributed by atoms with E-state index < -0.39 is 5.97 Å². The largest absolute Gasteiger partial charge is 0.478 e. The number of hydrogen-bond acceptors (Lipinski definition) is 6. The molecule has 2 aromatic heterocycles. The third kappa shape index (κ3) is 5.54. The summed E-state index contributed by atoms with van der Waals surface area (Å²) < 4.78 is 7.86. The fraction of sp³-hybridized carbons (Fsp3) is 0.364. The normalized spacial score (nSPS) is 20.5. The number of carboxylic acids is 1. The van der Waals surface area contributed by atoms with Crippen molar-refractivity contribution >= 4 is 40.0 Å². The first kappa shape index (κ1) is 27.1. The summed E-state index contributed by atoms with van der Waals surface area (Å²) in [5, 5.41) is 14.0. The van der Waals surface area contributed by atoms with Crippen molar-refractivity contribution in [3.05, 3.63) is 93.9 Å². The molecule has 4 heterocycles. The average Bonchev–Trinajstić information content (AvgIpc) is 3.31. The minimum Gasteiger partial charge on any atom is -0.478 e. The van der Waals surface area contributed by atoms with Gasteiger partial charge in [-0.2, -0.15) is 0 Å². The standard InChI is InChI=1S/C33H34ClN5O3/c34-24-8-9-26-22(17-24)3-1-5-28(26)36-31-6-2-4-27(35-31)21-11-14-38(15-12-21)20-32-37-29-10-7-23(33(40)41)18-30(29)39(32)19-25-13-16-42-25/h2,4,6-11,17-18,25,28H,1,3,5,12-16,19-20H2,(H,35,36)(H,40,41)/t25-,28?/m0/s1. The van der Waals surface area contributed by atoms with E-state index in [0.717, 1.165) is 85.2 Å². The number of nitrogens with zero attached hydrogens (tertiary/aromatic N) is 4. The molecule has 216 valence electrons. The molecule has 1 saturated heterocycles. The summed E-state index contributed by atoms with van der Waals surface area (Å²) in [6.07, 6.45) is 7.61. The van der Waals surface area contributed by atoms with Crippen molar-refractivity contribution in [2.45, 2.75) is 57.3 Å². The highest BCUT2D eigenvalue weighted by Crippen LogP contribution is 2.34. The van der Waals surface area contributed by atoms with Gasteiger partial charge >= 0.3 is 5.97 Å². The quantitative estimate of drug-likeness (QED) is 0.250. The molecule has 4 aromatic rings. The fourth-order valence-electron chi connectivity index (χ4n) is 6.35. The van der Waals surface area contributed by atoms with E-state index in [1.807, 2.05) is 12.1 Å². The van der Waals surface area contributed by atoms with Crippen LogP contribution in [0.15, 0.2) is 60.7 Å². The maximum Gasteiger partial charge on any atom is 0.335 e. The zero-order chi connectivity index (χ0) is 28.6. The van der Waals surface area contributed by atoms with E-state index >= 15 is 0 Å². The molecule has 2 N–H and O–H groups in total. The minimum atomic E-state index is -0.929. The first-order chi connectivity index (χ1) is 20.5. The van der Waals surface area contributed by atoms with Gasteiger partial charge < -0.3 is 19.7 Å². The van der Waals surface area contributed by atoms with Gasteiger partial charge in [0.25, 0.3) is 0 Å². The zero-order valence-corrected chi connectivity index (χ0v) is 24.2. The van der Waals surface area contributed by atoms with Crippen LogP contribution in [0, 0.1) is 0 Å². The molecule has 3 aliphatic rings. The van der Waals surface area contributed by atoms with Crippen LogP contribution in [0.4, 0.5) is 5.82 Å². The van der Waals surface area contributed by atoms with Crippen LogP contribution in [-0.2, 0) is 24.2 Å². The molecular formula is C33H34ClN5O3. The van der Waals surface area contributed by atoms with Crippen LogP contribution in [0.3, 0.4) is 0 Å². The summed E-state index contributed by atoms with van der Waals surface area (Å²) in [7, 11) is 0. The minimum absolute atomic E-state index is 0.148. The maximum atomic E-state index is 11.6. The second kappa shape index (κ2) is 11.5. The van der Waals surface area contributed by atoms with Gasteiger partial charge in [0.05, 0.1) is 47.5 Å². The SMILES string of the molecule is O=C(O)c1ccc2nc(CN3CC=C(c4cccc(NC5CCCc6cc(Cl)ccc65)n4)CC3)n(C[C@@H]3CCO3)c2c1. The molecular weight excluding hydrogens is 550 g/mol. The highest BCUT2D eigenvalue weighted by molar-refractivity contribution is 6.30. The number of rotatable bonds is 8. The fourth-order valence-corrected chi connectivity index (χ4v) is 6.55. The van der Waals surface area contributed by atoms with Crippen LogP contribution in [0.25, 0.3) is 16.6 Å². The molecule has 1 unspecified atom stereocenters. The Hall–Kier alpha value is -3.72. The number of hydrogen-bond donors (Lipinski definition) is 2. The number of carboxylic acid groups (broad SMARTS) is 1. The summed E-state index contributed by atoms with van der Waals surface area (Å²) in [5.41, 5.74) is 6.87. The molecule has 0 spiro atoms. The number of ether oxygens (including phenoxy) is 1. The maximum absolute atomic E-state index is 11.6. The van der Waals surface area contributed by atoms with Crippen molar-refractivity contribution in [2.75, 3.05) is 25.0 Å². The number of pyridine rings is 1. The van der Waals surface area contributed by atoms with Crippen molar-refractivity contribution in [1.29, 1.82) is 0 Å². The van der Waals surface area contributed by atoms with Crippen molar-refractivity contribution in [3.63, 3.8) is 0 Å². The number of aromatic carboxylic acids is 1. The first-order valence-electron chi connectivity index (χ1n) is 14.8. The van der Waals surface area contributed by atoms with E-state index in [2.05, 4.69) is 51.2 Å². The van der Waals surface area contributed by atoms with Crippen molar-refractivity contribution in [2.24, 2.45) is 0 Å². The van der Waals surface area contributed by atoms with E-state index in [9.17, 15) is 9.90 Å². The number of carbonyl (C=O) groups is 1. The molecule has 9 heteroatoms. The predicted octanol–water partition coefficient (Wildman–Crippen LogP) is 6.35. The first-order valence-corrected chi connectivity index (χ1v) is 15.2. The summed E-state index contributed by atoms with van der Waals surface area (Å²) in [5.74, 6) is 0.913. The third-order valence-corrected chi connectivity index (χ3v) is 8.97.